The Morgan fingerprint density at radius 2 is 1.59 bits per heavy atom. The van der Waals surface area contributed by atoms with E-state index in [1.807, 2.05) is 13.0 Å². The number of rotatable bonds is 4. The first-order valence-corrected chi connectivity index (χ1v) is 6.96. The summed E-state index contributed by atoms with van der Waals surface area (Å²) in [4.78, 5) is 12.4. The molecule has 0 aliphatic heterocycles. The minimum Gasteiger partial charge on any atom is -0.420 e. The molecule has 8 heteroatoms. The first-order chi connectivity index (χ1) is 10.3. The molecule has 0 aliphatic carbocycles. The van der Waals surface area contributed by atoms with Crippen LogP contribution in [0.3, 0.4) is 0 Å². The van der Waals surface area contributed by atoms with Crippen molar-refractivity contribution in [1.29, 1.82) is 0 Å². The molecule has 0 saturated carbocycles. The molecule has 0 amide bonds. The number of carbonyl (C=O) groups is 1. The van der Waals surface area contributed by atoms with Gasteiger partial charge in [0.2, 0.25) is 34.8 Å². The van der Waals surface area contributed by atoms with E-state index in [4.69, 9.17) is 0 Å². The van der Waals surface area contributed by atoms with Crippen molar-refractivity contribution < 1.29 is 31.5 Å². The van der Waals surface area contributed by atoms with Crippen LogP contribution in [0.4, 0.5) is 22.0 Å². The van der Waals surface area contributed by atoms with Gasteiger partial charge in [-0.25, -0.2) is 13.2 Å². The van der Waals surface area contributed by atoms with Gasteiger partial charge in [-0.3, -0.25) is 4.79 Å². The van der Waals surface area contributed by atoms with Gasteiger partial charge in [-0.05, 0) is 30.4 Å². The van der Waals surface area contributed by atoms with Crippen molar-refractivity contribution in [1.82, 2.24) is 0 Å². The lowest BCUT2D eigenvalue weighted by Crippen LogP contribution is -2.14. The van der Waals surface area contributed by atoms with Gasteiger partial charge in [-0.1, -0.05) is 0 Å². The molecule has 0 saturated heterocycles. The molecule has 0 N–H and O–H groups in total. The van der Waals surface area contributed by atoms with Crippen molar-refractivity contribution in [2.45, 2.75) is 19.8 Å². The fraction of sp³-hybridized carbons (Fsp3) is 0.214. The fourth-order valence-corrected chi connectivity index (χ4v) is 2.63. The van der Waals surface area contributed by atoms with Gasteiger partial charge in [-0.15, -0.1) is 11.3 Å². The molecule has 0 radical (unpaired) electrons. The number of thiophene rings is 1. The highest BCUT2D eigenvalue weighted by Crippen LogP contribution is 2.29. The third kappa shape index (κ3) is 3.11. The number of benzene rings is 1. The summed E-state index contributed by atoms with van der Waals surface area (Å²) in [6.45, 7) is 1.82. The van der Waals surface area contributed by atoms with Gasteiger partial charge in [0.15, 0.2) is 0 Å². The van der Waals surface area contributed by atoms with Crippen molar-refractivity contribution in [3.63, 3.8) is 0 Å². The Morgan fingerprint density at radius 1 is 1.05 bits per heavy atom. The lowest BCUT2D eigenvalue weighted by atomic mass is 10.2. The Balaban J connectivity index is 2.14. The van der Waals surface area contributed by atoms with E-state index >= 15 is 0 Å². The molecular weight excluding hydrogens is 327 g/mol. The van der Waals surface area contributed by atoms with E-state index in [0.29, 0.717) is 0 Å². The second-order valence-corrected chi connectivity index (χ2v) is 5.40. The Labute approximate surface area is 126 Å². The van der Waals surface area contributed by atoms with Crippen LogP contribution in [0.1, 0.15) is 16.9 Å². The average molecular weight is 336 g/mol. The summed E-state index contributed by atoms with van der Waals surface area (Å²) in [6, 6.07) is 1.83. The second kappa shape index (κ2) is 6.43. The molecule has 2 nitrogen and oxygen atoms in total. The Bertz CT molecular complexity index is 697. The van der Waals surface area contributed by atoms with E-state index < -0.39 is 40.8 Å². The maximum absolute atomic E-state index is 13.3. The number of carbonyl (C=O) groups excluding carboxylic acids is 1. The molecular formula is C14H9F5O2S. The van der Waals surface area contributed by atoms with Crippen LogP contribution in [0, 0.1) is 36.0 Å². The molecule has 0 bridgehead atoms. The fourth-order valence-electron chi connectivity index (χ4n) is 1.72. The summed E-state index contributed by atoms with van der Waals surface area (Å²) in [5, 5.41) is 1.81. The molecule has 2 aromatic rings. The number of halogens is 5. The maximum Gasteiger partial charge on any atom is 0.311 e. The Hall–Kier alpha value is -1.96. The number of aryl methyl sites for hydroxylation is 2. The number of esters is 1. The largest absolute Gasteiger partial charge is 0.420 e. The third-order valence-corrected chi connectivity index (χ3v) is 3.99. The third-order valence-electron chi connectivity index (χ3n) is 2.91. The predicted octanol–water partition coefficient (Wildman–Crippen LogP) is 4.29. The van der Waals surface area contributed by atoms with E-state index in [0.717, 1.165) is 10.4 Å². The van der Waals surface area contributed by atoms with Crippen molar-refractivity contribution in [2.75, 3.05) is 0 Å². The first kappa shape index (κ1) is 16.4. The van der Waals surface area contributed by atoms with Crippen LogP contribution < -0.4 is 4.74 Å². The molecule has 0 fully saturated rings. The van der Waals surface area contributed by atoms with E-state index in [2.05, 4.69) is 4.74 Å². The first-order valence-electron chi connectivity index (χ1n) is 6.08. The quantitative estimate of drug-likeness (QED) is 0.274. The van der Waals surface area contributed by atoms with Gasteiger partial charge >= 0.3 is 5.97 Å². The van der Waals surface area contributed by atoms with Gasteiger partial charge in [0.25, 0.3) is 0 Å². The highest BCUT2D eigenvalue weighted by Gasteiger charge is 2.28. The zero-order valence-electron chi connectivity index (χ0n) is 11.2. The summed E-state index contributed by atoms with van der Waals surface area (Å²) in [6.07, 6.45) is -0.00141. The van der Waals surface area contributed by atoms with Gasteiger partial charge < -0.3 is 4.74 Å². The summed E-state index contributed by atoms with van der Waals surface area (Å²) < 4.78 is 69.8. The Morgan fingerprint density at radius 3 is 2.09 bits per heavy atom. The normalized spacial score (nSPS) is 10.8. The van der Waals surface area contributed by atoms with Crippen LogP contribution in [-0.4, -0.2) is 5.97 Å². The summed E-state index contributed by atoms with van der Waals surface area (Å²) in [7, 11) is 0. The summed E-state index contributed by atoms with van der Waals surface area (Å²) >= 11 is 1.39. The molecule has 1 aromatic heterocycles. The van der Waals surface area contributed by atoms with Crippen LogP contribution in [0.2, 0.25) is 0 Å². The minimum atomic E-state index is -2.30. The van der Waals surface area contributed by atoms with Crippen molar-refractivity contribution >= 4 is 17.3 Å². The van der Waals surface area contributed by atoms with Crippen molar-refractivity contribution in [3.8, 4) is 5.75 Å². The molecule has 0 atom stereocenters. The highest BCUT2D eigenvalue weighted by molar-refractivity contribution is 7.10. The molecule has 1 aromatic carbocycles. The Kier molecular flexibility index (Phi) is 4.80. The molecule has 2 rings (SSSR count). The van der Waals surface area contributed by atoms with E-state index in [1.165, 1.54) is 11.3 Å². The maximum atomic E-state index is 13.3. The average Bonchev–Trinajstić information content (AvgIpc) is 2.91. The molecule has 0 aliphatic rings. The van der Waals surface area contributed by atoms with Crippen LogP contribution >= 0.6 is 11.3 Å². The van der Waals surface area contributed by atoms with E-state index in [1.54, 1.807) is 5.38 Å². The number of ether oxygens (including phenoxy) is 1. The minimum absolute atomic E-state index is 0.248. The van der Waals surface area contributed by atoms with Crippen molar-refractivity contribution in [3.05, 3.63) is 51.0 Å². The van der Waals surface area contributed by atoms with Gasteiger partial charge in [0, 0.05) is 4.88 Å². The van der Waals surface area contributed by atoms with Gasteiger partial charge in [0.05, 0.1) is 6.42 Å². The van der Waals surface area contributed by atoms with Crippen LogP contribution in [0.5, 0.6) is 5.75 Å². The monoisotopic (exact) mass is 336 g/mol. The van der Waals surface area contributed by atoms with Gasteiger partial charge in [-0.2, -0.15) is 8.78 Å². The number of hydrogen-bond donors (Lipinski definition) is 0. The molecule has 22 heavy (non-hydrogen) atoms. The summed E-state index contributed by atoms with van der Waals surface area (Å²) in [5.41, 5.74) is 0.939. The van der Waals surface area contributed by atoms with Crippen LogP contribution in [0.25, 0.3) is 0 Å². The molecule has 1 heterocycles. The van der Waals surface area contributed by atoms with Crippen LogP contribution in [0.15, 0.2) is 11.4 Å². The molecule has 0 spiro atoms. The van der Waals surface area contributed by atoms with E-state index in [9.17, 15) is 26.7 Å². The predicted molar refractivity (Wildman–Crippen MR) is 69.2 cm³/mol. The SMILES string of the molecule is Cc1ccsc1CCC(=O)Oc1c(F)c(F)c(F)c(F)c1F. The highest BCUT2D eigenvalue weighted by atomic mass is 32.1. The zero-order valence-corrected chi connectivity index (χ0v) is 12.0. The van der Waals surface area contributed by atoms with Crippen LogP contribution in [-0.2, 0) is 11.2 Å². The summed E-state index contributed by atoms with van der Waals surface area (Å²) in [5.74, 6) is -13.6. The standard InChI is InChI=1S/C14H9F5O2S/c1-6-4-5-22-7(6)2-3-8(20)21-14-12(18)10(16)9(15)11(17)13(14)19/h4-5H,2-3H2,1H3. The van der Waals surface area contributed by atoms with Gasteiger partial charge in [0.1, 0.15) is 0 Å². The van der Waals surface area contributed by atoms with E-state index in [-0.39, 0.29) is 12.8 Å². The molecule has 0 unspecified atom stereocenters. The number of hydrogen-bond acceptors (Lipinski definition) is 3. The zero-order chi connectivity index (χ0) is 16.4. The lowest BCUT2D eigenvalue weighted by Gasteiger charge is -2.08. The lowest BCUT2D eigenvalue weighted by molar-refractivity contribution is -0.134. The van der Waals surface area contributed by atoms with Crippen molar-refractivity contribution in [2.24, 2.45) is 0 Å². The second-order valence-electron chi connectivity index (χ2n) is 4.40. The topological polar surface area (TPSA) is 26.3 Å². The molecule has 118 valence electrons. The smallest absolute Gasteiger partial charge is 0.311 e.